The molecule has 0 bridgehead atoms. The lowest BCUT2D eigenvalue weighted by atomic mass is 10.2. The zero-order chi connectivity index (χ0) is 9.42. The van der Waals surface area contributed by atoms with Gasteiger partial charge in [-0.25, -0.2) is 0 Å². The zero-order valence-corrected chi connectivity index (χ0v) is 7.96. The topological polar surface area (TPSA) is 55.4 Å². The molecule has 0 fully saturated rings. The predicted octanol–water partition coefficient (Wildman–Crippen LogP) is 2.75. The molecule has 0 amide bonds. The number of hydrogen-bond acceptors (Lipinski definition) is 2. The summed E-state index contributed by atoms with van der Waals surface area (Å²) in [6, 6.07) is 5.35. The van der Waals surface area contributed by atoms with Crippen molar-refractivity contribution in [1.82, 2.24) is 9.97 Å². The van der Waals surface area contributed by atoms with Crippen molar-refractivity contribution in [2.75, 3.05) is 0 Å². The van der Waals surface area contributed by atoms with Gasteiger partial charge in [0.05, 0.1) is 21.6 Å². The summed E-state index contributed by atoms with van der Waals surface area (Å²) >= 11 is 10.7. The van der Waals surface area contributed by atoms with Gasteiger partial charge in [0.2, 0.25) is 0 Å². The maximum absolute atomic E-state index is 8.70. The van der Waals surface area contributed by atoms with E-state index in [4.69, 9.17) is 29.1 Å². The molecule has 3 nitrogen and oxygen atoms in total. The highest BCUT2D eigenvalue weighted by molar-refractivity contribution is 7.71. The first-order chi connectivity index (χ1) is 6.20. The SMILES string of the molecule is N#Cc1cc2[nH]c(=S)[nH]c2cc1Cl. The fourth-order valence-electron chi connectivity index (χ4n) is 1.14. The third-order valence-corrected chi connectivity index (χ3v) is 2.24. The van der Waals surface area contributed by atoms with Gasteiger partial charge in [-0.2, -0.15) is 5.26 Å². The van der Waals surface area contributed by atoms with Gasteiger partial charge in [0.15, 0.2) is 4.77 Å². The molecule has 1 heterocycles. The highest BCUT2D eigenvalue weighted by atomic mass is 35.5. The summed E-state index contributed by atoms with van der Waals surface area (Å²) in [7, 11) is 0. The van der Waals surface area contributed by atoms with E-state index in [0.29, 0.717) is 15.4 Å². The number of nitriles is 1. The Kier molecular flexibility index (Phi) is 1.83. The van der Waals surface area contributed by atoms with E-state index < -0.39 is 0 Å². The van der Waals surface area contributed by atoms with Crippen molar-refractivity contribution in [3.8, 4) is 6.07 Å². The van der Waals surface area contributed by atoms with Gasteiger partial charge in [-0.1, -0.05) is 11.6 Å². The molecule has 13 heavy (non-hydrogen) atoms. The molecule has 0 aliphatic carbocycles. The highest BCUT2D eigenvalue weighted by Crippen LogP contribution is 2.21. The number of hydrogen-bond donors (Lipinski definition) is 2. The normalized spacial score (nSPS) is 10.2. The molecule has 1 aromatic carbocycles. The van der Waals surface area contributed by atoms with Crippen LogP contribution in [0.15, 0.2) is 12.1 Å². The molecular weight excluding hydrogens is 206 g/mol. The average molecular weight is 210 g/mol. The lowest BCUT2D eigenvalue weighted by Crippen LogP contribution is -1.77. The molecular formula is C8H4ClN3S. The van der Waals surface area contributed by atoms with Crippen LogP contribution in [-0.2, 0) is 0 Å². The van der Waals surface area contributed by atoms with E-state index in [1.54, 1.807) is 12.1 Å². The number of halogens is 1. The molecule has 0 saturated heterocycles. The fraction of sp³-hybridized carbons (Fsp3) is 0. The standard InChI is InChI=1S/C8H4ClN3S/c9-5-2-7-6(1-4(5)3-10)11-8(13)12-7/h1-2H,(H2,11,12,13). The number of imidazole rings is 1. The van der Waals surface area contributed by atoms with E-state index in [0.717, 1.165) is 11.0 Å². The van der Waals surface area contributed by atoms with Crippen LogP contribution >= 0.6 is 23.8 Å². The molecule has 0 aliphatic heterocycles. The molecule has 2 N–H and O–H groups in total. The van der Waals surface area contributed by atoms with Crippen LogP contribution in [-0.4, -0.2) is 9.97 Å². The second-order valence-electron chi connectivity index (χ2n) is 2.57. The fourth-order valence-corrected chi connectivity index (χ4v) is 1.57. The third-order valence-electron chi connectivity index (χ3n) is 1.72. The molecule has 0 radical (unpaired) electrons. The number of H-pyrrole nitrogens is 2. The van der Waals surface area contributed by atoms with E-state index in [1.165, 1.54) is 0 Å². The number of nitrogens with zero attached hydrogens (tertiary/aromatic N) is 1. The Morgan fingerprint density at radius 2 is 1.92 bits per heavy atom. The van der Waals surface area contributed by atoms with Crippen LogP contribution in [0.1, 0.15) is 5.56 Å². The van der Waals surface area contributed by atoms with Crippen molar-refractivity contribution in [3.63, 3.8) is 0 Å². The molecule has 64 valence electrons. The molecule has 0 atom stereocenters. The van der Waals surface area contributed by atoms with Gasteiger partial charge >= 0.3 is 0 Å². The average Bonchev–Trinajstić information content (AvgIpc) is 2.42. The minimum Gasteiger partial charge on any atom is -0.331 e. The van der Waals surface area contributed by atoms with Gasteiger partial charge in [-0.3, -0.25) is 0 Å². The summed E-state index contributed by atoms with van der Waals surface area (Å²) < 4.78 is 0.529. The summed E-state index contributed by atoms with van der Waals surface area (Å²) in [5.41, 5.74) is 2.05. The Bertz CT molecular complexity index is 561. The molecule has 0 unspecified atom stereocenters. The van der Waals surface area contributed by atoms with Crippen molar-refractivity contribution in [2.45, 2.75) is 0 Å². The lowest BCUT2D eigenvalue weighted by molar-refractivity contribution is 1.30. The first-order valence-corrected chi connectivity index (χ1v) is 4.31. The summed E-state index contributed by atoms with van der Waals surface area (Å²) in [4.78, 5) is 5.83. The Hall–Kier alpha value is -1.31. The second-order valence-corrected chi connectivity index (χ2v) is 3.38. The summed E-state index contributed by atoms with van der Waals surface area (Å²) in [5, 5.41) is 9.13. The van der Waals surface area contributed by atoms with Gasteiger partial charge in [-0.15, -0.1) is 0 Å². The van der Waals surface area contributed by atoms with E-state index in [1.807, 2.05) is 6.07 Å². The summed E-state index contributed by atoms with van der Waals surface area (Å²) in [6.07, 6.45) is 0. The van der Waals surface area contributed by atoms with E-state index >= 15 is 0 Å². The molecule has 2 aromatic rings. The number of aromatic amines is 2. The van der Waals surface area contributed by atoms with Crippen molar-refractivity contribution >= 4 is 34.9 Å². The third kappa shape index (κ3) is 1.32. The minimum absolute atomic E-state index is 0.431. The maximum atomic E-state index is 8.70. The van der Waals surface area contributed by atoms with E-state index in [9.17, 15) is 0 Å². The molecule has 0 spiro atoms. The number of nitrogens with one attached hydrogen (secondary N) is 2. The number of rotatable bonds is 0. The Morgan fingerprint density at radius 1 is 1.31 bits per heavy atom. The molecule has 5 heteroatoms. The number of benzene rings is 1. The minimum atomic E-state index is 0.431. The van der Waals surface area contributed by atoms with Gasteiger partial charge in [0, 0.05) is 0 Å². The predicted molar refractivity (Wildman–Crippen MR) is 53.2 cm³/mol. The monoisotopic (exact) mass is 209 g/mol. The Balaban J connectivity index is 2.90. The van der Waals surface area contributed by atoms with Crippen LogP contribution in [0, 0.1) is 16.1 Å². The summed E-state index contributed by atoms with van der Waals surface area (Å²) in [5.74, 6) is 0. The van der Waals surface area contributed by atoms with Crippen molar-refractivity contribution < 1.29 is 0 Å². The van der Waals surface area contributed by atoms with Crippen LogP contribution in [0.2, 0.25) is 5.02 Å². The Labute approximate surface area is 84.0 Å². The van der Waals surface area contributed by atoms with E-state index in [-0.39, 0.29) is 0 Å². The smallest absolute Gasteiger partial charge is 0.175 e. The Morgan fingerprint density at radius 3 is 2.54 bits per heavy atom. The summed E-state index contributed by atoms with van der Waals surface area (Å²) in [6.45, 7) is 0. The second kappa shape index (κ2) is 2.87. The van der Waals surface area contributed by atoms with Crippen molar-refractivity contribution in [2.24, 2.45) is 0 Å². The van der Waals surface area contributed by atoms with Crippen LogP contribution < -0.4 is 0 Å². The lowest BCUT2D eigenvalue weighted by Gasteiger charge is -1.93. The van der Waals surface area contributed by atoms with E-state index in [2.05, 4.69) is 9.97 Å². The van der Waals surface area contributed by atoms with Crippen LogP contribution in [0.25, 0.3) is 11.0 Å². The van der Waals surface area contributed by atoms with Gasteiger partial charge in [0.25, 0.3) is 0 Å². The maximum Gasteiger partial charge on any atom is 0.175 e. The van der Waals surface area contributed by atoms with Gasteiger partial charge < -0.3 is 9.97 Å². The van der Waals surface area contributed by atoms with Crippen molar-refractivity contribution in [3.05, 3.63) is 27.5 Å². The van der Waals surface area contributed by atoms with Crippen LogP contribution in [0.5, 0.6) is 0 Å². The first-order valence-electron chi connectivity index (χ1n) is 3.52. The van der Waals surface area contributed by atoms with Crippen LogP contribution in [0.3, 0.4) is 0 Å². The number of fused-ring (bicyclic) bond motifs is 1. The van der Waals surface area contributed by atoms with Gasteiger partial charge in [0.1, 0.15) is 6.07 Å². The first kappa shape index (κ1) is 8.30. The van der Waals surface area contributed by atoms with Crippen LogP contribution in [0.4, 0.5) is 0 Å². The van der Waals surface area contributed by atoms with Crippen molar-refractivity contribution in [1.29, 1.82) is 5.26 Å². The highest BCUT2D eigenvalue weighted by Gasteiger charge is 2.03. The molecule has 0 saturated carbocycles. The molecule has 0 aliphatic rings. The van der Waals surface area contributed by atoms with Gasteiger partial charge in [-0.05, 0) is 24.4 Å². The quantitative estimate of drug-likeness (QED) is 0.656. The largest absolute Gasteiger partial charge is 0.331 e. The molecule has 2 rings (SSSR count). The zero-order valence-electron chi connectivity index (χ0n) is 6.39. The number of aromatic nitrogens is 2. The molecule has 1 aromatic heterocycles.